The van der Waals surface area contributed by atoms with Crippen LogP contribution in [0.15, 0.2) is 94.4 Å². The first-order valence-electron chi connectivity index (χ1n) is 15.9. The number of thiazole rings is 1. The highest BCUT2D eigenvalue weighted by atomic mass is 32.1. The Labute approximate surface area is 286 Å². The first kappa shape index (κ1) is 33.5. The number of esters is 1. The molecule has 0 spiro atoms. The zero-order valence-electron chi connectivity index (χ0n) is 27.9. The summed E-state index contributed by atoms with van der Waals surface area (Å²) < 4.78 is 40.2. The van der Waals surface area contributed by atoms with E-state index in [0.29, 0.717) is 45.4 Å². The fraction of sp³-hybridized carbons (Fsp3) is 0.237. The number of rotatable bonds is 11. The molecule has 49 heavy (non-hydrogen) atoms. The molecule has 0 radical (unpaired) electrons. The number of methoxy groups -OCH3 is 1. The van der Waals surface area contributed by atoms with E-state index in [9.17, 15) is 14.0 Å². The average molecular weight is 682 g/mol. The molecule has 9 nitrogen and oxygen atoms in total. The Morgan fingerprint density at radius 2 is 1.71 bits per heavy atom. The lowest BCUT2D eigenvalue weighted by molar-refractivity contribution is -0.136. The predicted octanol–water partition coefficient (Wildman–Crippen LogP) is 5.94. The van der Waals surface area contributed by atoms with Crippen molar-refractivity contribution in [3.05, 3.63) is 138 Å². The third-order valence-electron chi connectivity index (χ3n) is 8.15. The third-order valence-corrected chi connectivity index (χ3v) is 9.15. The minimum Gasteiger partial charge on any atom is -0.490 e. The molecule has 3 aromatic carbocycles. The van der Waals surface area contributed by atoms with E-state index in [4.69, 9.17) is 18.9 Å². The van der Waals surface area contributed by atoms with Crippen molar-refractivity contribution in [2.24, 2.45) is 4.99 Å². The quantitative estimate of drug-likeness (QED) is 0.160. The smallest absolute Gasteiger partial charge is 0.337 e. The molecular weight excluding hydrogens is 645 g/mol. The van der Waals surface area contributed by atoms with Gasteiger partial charge < -0.3 is 23.5 Å². The van der Waals surface area contributed by atoms with E-state index in [1.165, 1.54) is 41.3 Å². The van der Waals surface area contributed by atoms with Crippen molar-refractivity contribution in [1.29, 1.82) is 0 Å². The van der Waals surface area contributed by atoms with Crippen LogP contribution in [0.25, 0.3) is 11.8 Å². The predicted molar refractivity (Wildman–Crippen MR) is 186 cm³/mol. The molecule has 0 saturated carbocycles. The van der Waals surface area contributed by atoms with Crippen LogP contribution in [0.4, 0.5) is 4.39 Å². The maximum absolute atomic E-state index is 14.1. The summed E-state index contributed by atoms with van der Waals surface area (Å²) in [5, 5.41) is 0. The lowest BCUT2D eigenvalue weighted by Crippen LogP contribution is -2.39. The number of carbonyl (C=O) groups is 1. The molecule has 2 aromatic heterocycles. The molecule has 5 aromatic rings. The maximum atomic E-state index is 14.1. The maximum Gasteiger partial charge on any atom is 0.337 e. The van der Waals surface area contributed by atoms with Gasteiger partial charge in [0.25, 0.3) is 5.56 Å². The Balaban J connectivity index is 1.35. The zero-order chi connectivity index (χ0) is 34.7. The molecule has 1 atom stereocenters. The zero-order valence-corrected chi connectivity index (χ0v) is 28.7. The Morgan fingerprint density at radius 3 is 2.43 bits per heavy atom. The standard InChI is InChI=1S/C38H36FN3O6S/c1-6-46-32-16-11-26(19-33(32)47-7-2)35-31(37(44)45-5)21-40-38-42(35)36(43)34(49-38)20-27-17-23(3)41(24(27)4)29-12-14-30(15-13-29)48-22-25-9-8-10-28(39)18-25/h8-21,35H,6-7,22H2,1-5H3/b34-20+/t35-/m0/s1. The van der Waals surface area contributed by atoms with E-state index in [-0.39, 0.29) is 23.6 Å². The largest absolute Gasteiger partial charge is 0.490 e. The van der Waals surface area contributed by atoms with Crippen LogP contribution in [0.3, 0.4) is 0 Å². The molecule has 1 aliphatic heterocycles. The number of aromatic nitrogens is 2. The third kappa shape index (κ3) is 6.80. The summed E-state index contributed by atoms with van der Waals surface area (Å²) >= 11 is 1.25. The molecule has 0 unspecified atom stereocenters. The number of carbonyl (C=O) groups excluding carboxylic acids is 1. The van der Waals surface area contributed by atoms with Crippen LogP contribution >= 0.6 is 11.3 Å². The van der Waals surface area contributed by atoms with Gasteiger partial charge in [-0.25, -0.2) is 14.2 Å². The van der Waals surface area contributed by atoms with Crippen LogP contribution in [0.2, 0.25) is 0 Å². The van der Waals surface area contributed by atoms with Gasteiger partial charge >= 0.3 is 5.97 Å². The van der Waals surface area contributed by atoms with Crippen molar-refractivity contribution in [3.63, 3.8) is 0 Å². The normalized spacial score (nSPS) is 14.1. The summed E-state index contributed by atoms with van der Waals surface area (Å²) in [7, 11) is 1.30. The topological polar surface area (TPSA) is 93.3 Å². The number of halogens is 1. The van der Waals surface area contributed by atoms with E-state index >= 15 is 0 Å². The van der Waals surface area contributed by atoms with Gasteiger partial charge in [0, 0.05) is 23.3 Å². The molecule has 11 heteroatoms. The Morgan fingerprint density at radius 1 is 0.959 bits per heavy atom. The van der Waals surface area contributed by atoms with Crippen LogP contribution in [0, 0.1) is 19.7 Å². The molecule has 6 rings (SSSR count). The Bertz CT molecular complexity index is 2230. The summed E-state index contributed by atoms with van der Waals surface area (Å²) in [5.41, 5.74) is 5.08. The number of nitrogens with zero attached hydrogens (tertiary/aromatic N) is 3. The van der Waals surface area contributed by atoms with Crippen molar-refractivity contribution in [3.8, 4) is 22.9 Å². The summed E-state index contributed by atoms with van der Waals surface area (Å²) in [6, 6.07) is 20.7. The Hall–Kier alpha value is -5.42. The van der Waals surface area contributed by atoms with Crippen molar-refractivity contribution in [2.45, 2.75) is 40.3 Å². The van der Waals surface area contributed by atoms with E-state index in [1.54, 1.807) is 18.2 Å². The number of fused-ring (bicyclic) bond motifs is 1. The second-order valence-electron chi connectivity index (χ2n) is 11.3. The van der Waals surface area contributed by atoms with Crippen LogP contribution in [-0.4, -0.2) is 35.4 Å². The number of benzene rings is 3. The van der Waals surface area contributed by atoms with Gasteiger partial charge in [-0.3, -0.25) is 9.36 Å². The molecule has 3 heterocycles. The number of aryl methyl sites for hydroxylation is 1. The van der Waals surface area contributed by atoms with Gasteiger partial charge in [-0.1, -0.05) is 29.5 Å². The van der Waals surface area contributed by atoms with Crippen LogP contribution in [0.1, 0.15) is 48.0 Å². The van der Waals surface area contributed by atoms with Crippen molar-refractivity contribution < 1.29 is 28.1 Å². The summed E-state index contributed by atoms with van der Waals surface area (Å²) in [4.78, 5) is 32.0. The lowest BCUT2D eigenvalue weighted by atomic mass is 9.97. The van der Waals surface area contributed by atoms with E-state index in [1.807, 2.05) is 76.2 Å². The van der Waals surface area contributed by atoms with Gasteiger partial charge in [0.1, 0.15) is 18.2 Å². The minimum absolute atomic E-state index is 0.231. The molecule has 0 fully saturated rings. The van der Waals surface area contributed by atoms with Crippen LogP contribution in [-0.2, 0) is 16.1 Å². The van der Waals surface area contributed by atoms with Crippen LogP contribution < -0.4 is 29.1 Å². The van der Waals surface area contributed by atoms with Gasteiger partial charge in [-0.2, -0.15) is 0 Å². The minimum atomic E-state index is -0.783. The van der Waals surface area contributed by atoms with E-state index in [0.717, 1.165) is 28.2 Å². The van der Waals surface area contributed by atoms with Gasteiger partial charge in [0.2, 0.25) is 0 Å². The van der Waals surface area contributed by atoms with E-state index in [2.05, 4.69) is 9.56 Å². The Kier molecular flexibility index (Phi) is 9.82. The van der Waals surface area contributed by atoms with Crippen molar-refractivity contribution in [2.75, 3.05) is 20.3 Å². The molecule has 0 aliphatic carbocycles. The summed E-state index contributed by atoms with van der Waals surface area (Å²) in [6.07, 6.45) is 3.33. The lowest BCUT2D eigenvalue weighted by Gasteiger charge is -2.23. The molecule has 1 aliphatic rings. The number of hydrogen-bond acceptors (Lipinski definition) is 8. The highest BCUT2D eigenvalue weighted by Crippen LogP contribution is 2.35. The summed E-state index contributed by atoms with van der Waals surface area (Å²) in [6.45, 7) is 8.90. The first-order chi connectivity index (χ1) is 23.7. The van der Waals surface area contributed by atoms with Gasteiger partial charge in [-0.05, 0) is 105 Å². The molecule has 0 N–H and O–H groups in total. The fourth-order valence-corrected chi connectivity index (χ4v) is 6.90. The highest BCUT2D eigenvalue weighted by molar-refractivity contribution is 7.07. The van der Waals surface area contributed by atoms with E-state index < -0.39 is 12.0 Å². The van der Waals surface area contributed by atoms with Crippen molar-refractivity contribution >= 4 is 23.4 Å². The first-order valence-corrected chi connectivity index (χ1v) is 16.7. The monoisotopic (exact) mass is 681 g/mol. The summed E-state index contributed by atoms with van der Waals surface area (Å²) in [5.74, 6) is 0.880. The molecule has 252 valence electrons. The molecule has 0 amide bonds. The van der Waals surface area contributed by atoms with Gasteiger partial charge in [0.15, 0.2) is 16.3 Å². The second kappa shape index (κ2) is 14.4. The van der Waals surface area contributed by atoms with Crippen molar-refractivity contribution in [1.82, 2.24) is 9.13 Å². The van der Waals surface area contributed by atoms with Gasteiger partial charge in [-0.15, -0.1) is 0 Å². The number of hydrogen-bond donors (Lipinski definition) is 0. The second-order valence-corrected chi connectivity index (χ2v) is 12.3. The fourth-order valence-electron chi connectivity index (χ4n) is 5.94. The van der Waals surface area contributed by atoms with Gasteiger partial charge in [0.05, 0.1) is 36.5 Å². The highest BCUT2D eigenvalue weighted by Gasteiger charge is 2.31. The average Bonchev–Trinajstić information content (AvgIpc) is 3.57. The number of ether oxygens (including phenoxy) is 4. The SMILES string of the molecule is CCOc1ccc([C@H]2C(C(=O)OC)=CN=c3s/c(=C/c4cc(C)n(-c5ccc(OCc6cccc(F)c6)cc5)c4C)c(=O)n32)cc1OCC. The molecule has 0 saturated heterocycles. The molecular formula is C38H36FN3O6S. The molecule has 0 bridgehead atoms. The van der Waals surface area contributed by atoms with Crippen LogP contribution in [0.5, 0.6) is 17.2 Å².